The Bertz CT molecular complexity index is 626. The van der Waals surface area contributed by atoms with Crippen LogP contribution >= 0.6 is 0 Å². The van der Waals surface area contributed by atoms with Gasteiger partial charge in [-0.15, -0.1) is 0 Å². The Morgan fingerprint density at radius 1 is 1.06 bits per heavy atom. The first-order valence-corrected chi connectivity index (χ1v) is 12.5. The van der Waals surface area contributed by atoms with Crippen molar-refractivity contribution in [1.29, 1.82) is 0 Å². The van der Waals surface area contributed by atoms with Crippen LogP contribution in [0.3, 0.4) is 0 Å². The topological polar surface area (TPSA) is 78.1 Å². The fourth-order valence-corrected chi connectivity index (χ4v) is 6.08. The normalized spacial score (nSPS) is 40.3. The molecule has 3 saturated carbocycles. The highest BCUT2D eigenvalue weighted by Gasteiger charge is 2.62. The average molecular weight is 439 g/mol. The first-order chi connectivity index (χ1) is 14.7. The molecule has 2 spiro atoms. The number of carbonyl (C=O) groups is 1. The molecule has 4 atom stereocenters. The number of hydrogen-bond acceptors (Lipinski definition) is 6. The first kappa shape index (κ1) is 23.3. The maximum atomic E-state index is 11.7. The Kier molecular flexibility index (Phi) is 6.88. The molecule has 7 nitrogen and oxygen atoms in total. The SMILES string of the molecule is CC1CC2CCCC(C2)C12OOC1(CCC(NCCCNC(=O)OC(C)(C)C)CC1)O2. The summed E-state index contributed by atoms with van der Waals surface area (Å²) in [4.78, 5) is 23.8. The van der Waals surface area contributed by atoms with Gasteiger partial charge in [0.2, 0.25) is 11.6 Å². The molecule has 2 N–H and O–H groups in total. The summed E-state index contributed by atoms with van der Waals surface area (Å²) in [6, 6.07) is 0.457. The predicted molar refractivity (Wildman–Crippen MR) is 117 cm³/mol. The lowest BCUT2D eigenvalue weighted by atomic mass is 9.64. The summed E-state index contributed by atoms with van der Waals surface area (Å²) in [5.74, 6) is 0.624. The maximum Gasteiger partial charge on any atom is 0.407 e. The number of hydrogen-bond donors (Lipinski definition) is 2. The first-order valence-electron chi connectivity index (χ1n) is 12.5. The number of ether oxygens (including phenoxy) is 2. The van der Waals surface area contributed by atoms with Crippen LogP contribution in [0.1, 0.15) is 91.9 Å². The van der Waals surface area contributed by atoms with E-state index < -0.39 is 17.2 Å². The second kappa shape index (κ2) is 9.16. The summed E-state index contributed by atoms with van der Waals surface area (Å²) >= 11 is 0. The lowest BCUT2D eigenvalue weighted by Gasteiger charge is -2.49. The predicted octanol–water partition coefficient (Wildman–Crippen LogP) is 4.65. The van der Waals surface area contributed by atoms with E-state index in [0.717, 1.165) is 44.6 Å². The molecule has 1 aliphatic heterocycles. The number of carbonyl (C=O) groups excluding carboxylic acids is 1. The zero-order valence-electron chi connectivity index (χ0n) is 19.8. The van der Waals surface area contributed by atoms with Gasteiger partial charge in [0.1, 0.15) is 5.60 Å². The largest absolute Gasteiger partial charge is 0.444 e. The van der Waals surface area contributed by atoms with Crippen LogP contribution in [0.4, 0.5) is 4.79 Å². The summed E-state index contributed by atoms with van der Waals surface area (Å²) in [6.45, 7) is 9.38. The monoisotopic (exact) mass is 438 g/mol. The third-order valence-corrected chi connectivity index (χ3v) is 7.60. The number of fused-ring (bicyclic) bond motifs is 3. The summed E-state index contributed by atoms with van der Waals surface area (Å²) < 4.78 is 12.0. The Morgan fingerprint density at radius 3 is 2.58 bits per heavy atom. The molecule has 2 bridgehead atoms. The van der Waals surface area contributed by atoms with Crippen molar-refractivity contribution in [2.45, 2.75) is 115 Å². The number of rotatable bonds is 5. The van der Waals surface area contributed by atoms with E-state index in [1.54, 1.807) is 0 Å². The number of nitrogens with one attached hydrogen (secondary N) is 2. The molecule has 4 rings (SSSR count). The van der Waals surface area contributed by atoms with Crippen molar-refractivity contribution in [1.82, 2.24) is 10.6 Å². The van der Waals surface area contributed by atoms with E-state index in [2.05, 4.69) is 17.6 Å². The van der Waals surface area contributed by atoms with Crippen LogP contribution in [0.5, 0.6) is 0 Å². The van der Waals surface area contributed by atoms with Crippen molar-refractivity contribution in [2.24, 2.45) is 17.8 Å². The van der Waals surface area contributed by atoms with Crippen LogP contribution in [0.15, 0.2) is 0 Å². The van der Waals surface area contributed by atoms with E-state index in [4.69, 9.17) is 19.2 Å². The third-order valence-electron chi connectivity index (χ3n) is 7.60. The molecular formula is C24H42N2O5. The van der Waals surface area contributed by atoms with Gasteiger partial charge in [0, 0.05) is 37.3 Å². The van der Waals surface area contributed by atoms with Gasteiger partial charge in [-0.25, -0.2) is 4.79 Å². The van der Waals surface area contributed by atoms with E-state index in [9.17, 15) is 4.79 Å². The molecule has 178 valence electrons. The maximum absolute atomic E-state index is 11.7. The van der Waals surface area contributed by atoms with Crippen LogP contribution in [-0.2, 0) is 19.2 Å². The average Bonchev–Trinajstić information content (AvgIpc) is 3.08. The van der Waals surface area contributed by atoms with Crippen molar-refractivity contribution < 1.29 is 24.0 Å². The smallest absolute Gasteiger partial charge is 0.407 e. The summed E-state index contributed by atoms with van der Waals surface area (Å²) in [6.07, 6.45) is 10.6. The van der Waals surface area contributed by atoms with Crippen molar-refractivity contribution in [3.63, 3.8) is 0 Å². The second-order valence-electron chi connectivity index (χ2n) is 11.3. The fraction of sp³-hybridized carbons (Fsp3) is 0.958. The molecule has 4 fully saturated rings. The molecule has 0 aromatic carbocycles. The second-order valence-corrected chi connectivity index (χ2v) is 11.3. The molecule has 31 heavy (non-hydrogen) atoms. The van der Waals surface area contributed by atoms with Crippen molar-refractivity contribution in [3.05, 3.63) is 0 Å². The van der Waals surface area contributed by atoms with E-state index in [-0.39, 0.29) is 6.09 Å². The van der Waals surface area contributed by atoms with Crippen molar-refractivity contribution >= 4 is 6.09 Å². The van der Waals surface area contributed by atoms with Crippen LogP contribution < -0.4 is 10.6 Å². The van der Waals surface area contributed by atoms with Crippen LogP contribution in [-0.4, -0.2) is 42.4 Å². The highest BCUT2D eigenvalue weighted by Crippen LogP contribution is 2.57. The van der Waals surface area contributed by atoms with Gasteiger partial charge in [-0.3, -0.25) is 0 Å². The van der Waals surface area contributed by atoms with Gasteiger partial charge in [-0.05, 0) is 71.8 Å². The van der Waals surface area contributed by atoms with Gasteiger partial charge in [-0.2, -0.15) is 9.78 Å². The van der Waals surface area contributed by atoms with Gasteiger partial charge in [0.25, 0.3) is 0 Å². The Balaban J connectivity index is 1.17. The van der Waals surface area contributed by atoms with Gasteiger partial charge in [-0.1, -0.05) is 19.8 Å². The van der Waals surface area contributed by atoms with Crippen molar-refractivity contribution in [3.8, 4) is 0 Å². The number of alkyl carbamates (subject to hydrolysis) is 1. The molecule has 4 aliphatic rings. The Morgan fingerprint density at radius 2 is 1.84 bits per heavy atom. The molecule has 1 heterocycles. The zero-order valence-corrected chi connectivity index (χ0v) is 19.8. The molecule has 1 saturated heterocycles. The third kappa shape index (κ3) is 5.37. The molecule has 1 amide bonds. The van der Waals surface area contributed by atoms with E-state index in [1.165, 1.54) is 32.1 Å². The minimum absolute atomic E-state index is 0.349. The summed E-state index contributed by atoms with van der Waals surface area (Å²) in [5, 5.41) is 6.43. The molecular weight excluding hydrogens is 396 g/mol. The molecule has 0 aromatic rings. The lowest BCUT2D eigenvalue weighted by Crippen LogP contribution is -2.53. The van der Waals surface area contributed by atoms with Gasteiger partial charge in [0.15, 0.2) is 0 Å². The standard InChI is InChI=1S/C24H42N2O5/c1-17-15-18-7-5-8-19(16-18)24(17)29-23(30-31-24)11-9-20(10-12-23)25-13-6-14-26-21(27)28-22(2,3)4/h17-20,25H,5-16H2,1-4H3,(H,26,27). The van der Waals surface area contributed by atoms with Crippen molar-refractivity contribution in [2.75, 3.05) is 13.1 Å². The van der Waals surface area contributed by atoms with Crippen LogP contribution in [0.25, 0.3) is 0 Å². The van der Waals surface area contributed by atoms with Gasteiger partial charge >= 0.3 is 6.09 Å². The minimum Gasteiger partial charge on any atom is -0.444 e. The fourth-order valence-electron chi connectivity index (χ4n) is 6.08. The molecule has 7 heteroatoms. The van der Waals surface area contributed by atoms with Gasteiger partial charge in [0.05, 0.1) is 0 Å². The Labute approximate surface area is 187 Å². The van der Waals surface area contributed by atoms with E-state index in [0.29, 0.717) is 24.4 Å². The summed E-state index contributed by atoms with van der Waals surface area (Å²) in [7, 11) is 0. The van der Waals surface area contributed by atoms with Crippen LogP contribution in [0.2, 0.25) is 0 Å². The molecule has 3 aliphatic carbocycles. The highest BCUT2D eigenvalue weighted by atomic mass is 17.3. The molecule has 0 aromatic heterocycles. The summed E-state index contributed by atoms with van der Waals surface area (Å²) in [5.41, 5.74) is -0.457. The lowest BCUT2D eigenvalue weighted by molar-refractivity contribution is -0.379. The van der Waals surface area contributed by atoms with E-state index >= 15 is 0 Å². The molecule has 0 radical (unpaired) electrons. The highest BCUT2D eigenvalue weighted by molar-refractivity contribution is 5.67. The van der Waals surface area contributed by atoms with Crippen LogP contribution in [0, 0.1) is 17.8 Å². The zero-order chi connectivity index (χ0) is 22.1. The molecule has 4 unspecified atom stereocenters. The van der Waals surface area contributed by atoms with E-state index in [1.807, 2.05) is 20.8 Å². The Hall–Kier alpha value is -0.890. The quantitative estimate of drug-likeness (QED) is 0.481. The minimum atomic E-state index is -0.561. The van der Waals surface area contributed by atoms with Gasteiger partial charge < -0.3 is 20.1 Å². The number of amides is 1.